The summed E-state index contributed by atoms with van der Waals surface area (Å²) < 4.78 is 5.33. The van der Waals surface area contributed by atoms with E-state index >= 15 is 0 Å². The van der Waals surface area contributed by atoms with Crippen molar-refractivity contribution in [2.75, 3.05) is 11.9 Å². The zero-order chi connectivity index (χ0) is 20.6. The smallest absolute Gasteiger partial charge is 0.407 e. The Labute approximate surface area is 180 Å². The molecule has 0 atom stereocenters. The average molecular weight is 423 g/mol. The first-order chi connectivity index (χ1) is 14.8. The molecule has 1 fully saturated rings. The SMILES string of the molecule is O=C(N[C@H]1CC[C@H](CNc2nc(-c3ccccn3)cs2)CC1)OCc1ccccc1. The molecule has 4 rings (SSSR count). The van der Waals surface area contributed by atoms with Crippen LogP contribution in [0.1, 0.15) is 31.2 Å². The number of carbonyl (C=O) groups is 1. The number of anilines is 1. The Morgan fingerprint density at radius 2 is 1.83 bits per heavy atom. The molecule has 1 aromatic carbocycles. The molecule has 156 valence electrons. The van der Waals surface area contributed by atoms with Crippen LogP contribution in [0, 0.1) is 5.92 Å². The highest BCUT2D eigenvalue weighted by Gasteiger charge is 2.23. The maximum atomic E-state index is 12.0. The van der Waals surface area contributed by atoms with Crippen LogP contribution in [0.4, 0.5) is 9.93 Å². The lowest BCUT2D eigenvalue weighted by Gasteiger charge is -2.28. The van der Waals surface area contributed by atoms with Gasteiger partial charge < -0.3 is 15.4 Å². The third-order valence-electron chi connectivity index (χ3n) is 5.35. The predicted octanol–water partition coefficient (Wildman–Crippen LogP) is 5.10. The molecule has 2 aromatic heterocycles. The Bertz CT molecular complexity index is 925. The minimum atomic E-state index is -0.328. The van der Waals surface area contributed by atoms with Gasteiger partial charge in [-0.1, -0.05) is 36.4 Å². The van der Waals surface area contributed by atoms with E-state index in [1.54, 1.807) is 17.5 Å². The summed E-state index contributed by atoms with van der Waals surface area (Å²) in [6.07, 6.45) is 5.56. The summed E-state index contributed by atoms with van der Waals surface area (Å²) in [5.74, 6) is 0.589. The monoisotopic (exact) mass is 422 g/mol. The van der Waals surface area contributed by atoms with E-state index in [-0.39, 0.29) is 12.1 Å². The molecule has 1 aliphatic rings. The van der Waals surface area contributed by atoms with Crippen molar-refractivity contribution in [3.05, 3.63) is 65.7 Å². The quantitative estimate of drug-likeness (QED) is 0.554. The van der Waals surface area contributed by atoms with Crippen molar-refractivity contribution in [2.45, 2.75) is 38.3 Å². The van der Waals surface area contributed by atoms with E-state index in [1.807, 2.05) is 53.9 Å². The van der Waals surface area contributed by atoms with E-state index in [2.05, 4.69) is 20.6 Å². The standard InChI is InChI=1S/C23H26N4O2S/c28-23(29-15-18-6-2-1-3-7-18)26-19-11-9-17(10-12-19)14-25-22-27-21(16-30-22)20-8-4-5-13-24-20/h1-8,13,16-17,19H,9-12,14-15H2,(H,25,27)(H,26,28)/t17-,19-. The molecule has 0 aliphatic heterocycles. The largest absolute Gasteiger partial charge is 0.445 e. The Balaban J connectivity index is 1.15. The fraction of sp³-hybridized carbons (Fsp3) is 0.348. The van der Waals surface area contributed by atoms with E-state index in [4.69, 9.17) is 4.74 Å². The Hall–Kier alpha value is -2.93. The van der Waals surface area contributed by atoms with Crippen LogP contribution in [0.3, 0.4) is 0 Å². The number of pyridine rings is 1. The second-order valence-electron chi connectivity index (χ2n) is 7.56. The van der Waals surface area contributed by atoms with Crippen LogP contribution >= 0.6 is 11.3 Å². The topological polar surface area (TPSA) is 76.1 Å². The molecular formula is C23H26N4O2S. The number of aromatic nitrogens is 2. The Morgan fingerprint density at radius 3 is 2.60 bits per heavy atom. The lowest BCUT2D eigenvalue weighted by atomic mass is 9.86. The number of carbonyl (C=O) groups excluding carboxylic acids is 1. The number of hydrogen-bond donors (Lipinski definition) is 2. The molecule has 0 bridgehead atoms. The fourth-order valence-corrected chi connectivity index (χ4v) is 4.38. The molecule has 0 spiro atoms. The van der Waals surface area contributed by atoms with Gasteiger partial charge in [0.25, 0.3) is 0 Å². The summed E-state index contributed by atoms with van der Waals surface area (Å²) in [5, 5.41) is 9.44. The lowest BCUT2D eigenvalue weighted by Crippen LogP contribution is -2.38. The van der Waals surface area contributed by atoms with Gasteiger partial charge in [0.2, 0.25) is 0 Å². The van der Waals surface area contributed by atoms with E-state index in [0.29, 0.717) is 12.5 Å². The third kappa shape index (κ3) is 5.79. The first-order valence-electron chi connectivity index (χ1n) is 10.3. The van der Waals surface area contributed by atoms with Gasteiger partial charge in [0.05, 0.1) is 5.69 Å². The van der Waals surface area contributed by atoms with E-state index in [1.165, 1.54) is 0 Å². The first-order valence-corrected chi connectivity index (χ1v) is 11.2. The lowest BCUT2D eigenvalue weighted by molar-refractivity contribution is 0.131. The maximum absolute atomic E-state index is 12.0. The molecule has 7 heteroatoms. The highest BCUT2D eigenvalue weighted by Crippen LogP contribution is 2.27. The number of amides is 1. The molecule has 1 aliphatic carbocycles. The van der Waals surface area contributed by atoms with Gasteiger partial charge in [-0.2, -0.15) is 0 Å². The van der Waals surface area contributed by atoms with Crippen LogP contribution in [0.2, 0.25) is 0 Å². The van der Waals surface area contributed by atoms with Gasteiger partial charge in [-0.15, -0.1) is 11.3 Å². The third-order valence-corrected chi connectivity index (χ3v) is 6.15. The number of nitrogens with one attached hydrogen (secondary N) is 2. The van der Waals surface area contributed by atoms with Crippen LogP contribution in [0.25, 0.3) is 11.4 Å². The van der Waals surface area contributed by atoms with Crippen molar-refractivity contribution in [3.8, 4) is 11.4 Å². The fourth-order valence-electron chi connectivity index (χ4n) is 3.66. The Kier molecular flexibility index (Phi) is 6.92. The molecule has 0 unspecified atom stereocenters. The van der Waals surface area contributed by atoms with Crippen LogP contribution in [-0.2, 0) is 11.3 Å². The van der Waals surface area contributed by atoms with Crippen molar-refractivity contribution in [2.24, 2.45) is 5.92 Å². The molecule has 2 N–H and O–H groups in total. The van der Waals surface area contributed by atoms with Gasteiger partial charge in [-0.25, -0.2) is 9.78 Å². The van der Waals surface area contributed by atoms with Gasteiger partial charge in [0.1, 0.15) is 12.3 Å². The van der Waals surface area contributed by atoms with Crippen LogP contribution < -0.4 is 10.6 Å². The number of thiazole rings is 1. The van der Waals surface area contributed by atoms with E-state index in [9.17, 15) is 4.79 Å². The predicted molar refractivity (Wildman–Crippen MR) is 119 cm³/mol. The van der Waals surface area contributed by atoms with Crippen LogP contribution in [0.15, 0.2) is 60.1 Å². The summed E-state index contributed by atoms with van der Waals surface area (Å²) in [5.41, 5.74) is 2.80. The molecule has 1 amide bonds. The van der Waals surface area contributed by atoms with Crippen molar-refractivity contribution in [3.63, 3.8) is 0 Å². The van der Waals surface area contributed by atoms with E-state index < -0.39 is 0 Å². The second-order valence-corrected chi connectivity index (χ2v) is 8.42. The molecule has 0 radical (unpaired) electrons. The van der Waals surface area contributed by atoms with Crippen molar-refractivity contribution >= 4 is 22.6 Å². The Morgan fingerprint density at radius 1 is 1.03 bits per heavy atom. The van der Waals surface area contributed by atoms with Gasteiger partial charge in [-0.05, 0) is 49.3 Å². The summed E-state index contributed by atoms with van der Waals surface area (Å²) >= 11 is 1.61. The van der Waals surface area contributed by atoms with Gasteiger partial charge >= 0.3 is 6.09 Å². The average Bonchev–Trinajstić information content (AvgIpc) is 3.28. The zero-order valence-corrected chi connectivity index (χ0v) is 17.6. The second kappa shape index (κ2) is 10.2. The van der Waals surface area contributed by atoms with E-state index in [0.717, 1.165) is 54.3 Å². The molecule has 2 heterocycles. The van der Waals surface area contributed by atoms with Gasteiger partial charge in [0, 0.05) is 24.2 Å². The first kappa shape index (κ1) is 20.3. The summed E-state index contributed by atoms with van der Waals surface area (Å²) in [6.45, 7) is 1.21. The molecule has 3 aromatic rings. The van der Waals surface area contributed by atoms with Crippen LogP contribution in [-0.4, -0.2) is 28.6 Å². The van der Waals surface area contributed by atoms with Crippen LogP contribution in [0.5, 0.6) is 0 Å². The molecule has 6 nitrogen and oxygen atoms in total. The maximum Gasteiger partial charge on any atom is 0.407 e. The number of benzene rings is 1. The summed E-state index contributed by atoms with van der Waals surface area (Å²) in [4.78, 5) is 21.0. The molecule has 0 saturated heterocycles. The number of hydrogen-bond acceptors (Lipinski definition) is 6. The molecule has 30 heavy (non-hydrogen) atoms. The van der Waals surface area contributed by atoms with Crippen molar-refractivity contribution in [1.82, 2.24) is 15.3 Å². The minimum Gasteiger partial charge on any atom is -0.445 e. The van der Waals surface area contributed by atoms with Gasteiger partial charge in [-0.3, -0.25) is 4.98 Å². The number of rotatable bonds is 7. The normalized spacial score (nSPS) is 18.5. The van der Waals surface area contributed by atoms with Crippen molar-refractivity contribution in [1.29, 1.82) is 0 Å². The van der Waals surface area contributed by atoms with Gasteiger partial charge in [0.15, 0.2) is 5.13 Å². The number of nitrogens with zero attached hydrogens (tertiary/aromatic N) is 2. The number of ether oxygens (including phenoxy) is 1. The van der Waals surface area contributed by atoms with Crippen molar-refractivity contribution < 1.29 is 9.53 Å². The minimum absolute atomic E-state index is 0.195. The number of alkyl carbamates (subject to hydrolysis) is 1. The molecular weight excluding hydrogens is 396 g/mol. The highest BCUT2D eigenvalue weighted by atomic mass is 32.1. The highest BCUT2D eigenvalue weighted by molar-refractivity contribution is 7.14. The summed E-state index contributed by atoms with van der Waals surface area (Å²) in [7, 11) is 0. The summed E-state index contributed by atoms with van der Waals surface area (Å²) in [6, 6.07) is 15.8. The molecule has 1 saturated carbocycles. The zero-order valence-electron chi connectivity index (χ0n) is 16.8.